The Morgan fingerprint density at radius 1 is 1.04 bits per heavy atom. The maximum Gasteiger partial charge on any atom is 0.224 e. The Hall–Kier alpha value is -2.02. The molecular formula is C20H21Cl2NO4S. The van der Waals surface area contributed by atoms with Crippen molar-refractivity contribution < 1.29 is 17.9 Å². The van der Waals surface area contributed by atoms with Crippen molar-refractivity contribution in [1.82, 2.24) is 0 Å². The lowest BCUT2D eigenvalue weighted by atomic mass is 10.0. The molecule has 1 amide bonds. The number of ether oxygens (including phenoxy) is 1. The van der Waals surface area contributed by atoms with Crippen LogP contribution in [0.3, 0.4) is 0 Å². The number of fused-ring (bicyclic) bond motifs is 1. The Kier molecular flexibility index (Phi) is 9.34. The second-order valence-electron chi connectivity index (χ2n) is 6.05. The van der Waals surface area contributed by atoms with Crippen LogP contribution in [0.4, 0.5) is 5.69 Å². The number of anilines is 1. The van der Waals surface area contributed by atoms with E-state index in [1.165, 1.54) is 5.37 Å². The van der Waals surface area contributed by atoms with Crippen molar-refractivity contribution in [1.29, 1.82) is 0 Å². The molecule has 0 bridgehead atoms. The predicted molar refractivity (Wildman–Crippen MR) is 114 cm³/mol. The molecule has 2 aromatic carbocycles. The Balaban J connectivity index is 0.000000292. The molecule has 1 aliphatic heterocycles. The van der Waals surface area contributed by atoms with Crippen LogP contribution < -0.4 is 10.1 Å². The fourth-order valence-electron chi connectivity index (χ4n) is 2.50. The standard InChI is InChI=1S/C14H17NO4S.C6H4Cl2/c16-14-7-4-11-10-12(5-6-13(11)15-14)19-8-2-1-3-9-20(17)18;7-5-3-1-2-4-6(5)8/h5-6,9-10H,1-4,7-8H2,(H,15,16);1-4H. The normalized spacial score (nSPS) is 12.1. The summed E-state index contributed by atoms with van der Waals surface area (Å²) in [7, 11) is -2.06. The van der Waals surface area contributed by atoms with E-state index in [2.05, 4.69) is 5.32 Å². The lowest BCUT2D eigenvalue weighted by molar-refractivity contribution is -0.116. The molecule has 0 saturated carbocycles. The second kappa shape index (κ2) is 11.7. The highest BCUT2D eigenvalue weighted by Crippen LogP contribution is 2.26. The van der Waals surface area contributed by atoms with E-state index in [1.807, 2.05) is 30.3 Å². The van der Waals surface area contributed by atoms with Crippen LogP contribution in [0.2, 0.25) is 10.0 Å². The van der Waals surface area contributed by atoms with Crippen molar-refractivity contribution in [2.24, 2.45) is 0 Å². The van der Waals surface area contributed by atoms with E-state index < -0.39 is 10.3 Å². The Bertz CT molecular complexity index is 916. The minimum atomic E-state index is -2.06. The molecule has 2 aromatic rings. The molecule has 0 aliphatic carbocycles. The summed E-state index contributed by atoms with van der Waals surface area (Å²) in [5.74, 6) is 0.842. The number of rotatable bonds is 6. The lowest BCUT2D eigenvalue weighted by Crippen LogP contribution is -2.18. The molecule has 1 N–H and O–H groups in total. The van der Waals surface area contributed by atoms with Gasteiger partial charge in [-0.15, -0.1) is 0 Å². The number of carbonyl (C=O) groups excluding carboxylic acids is 1. The summed E-state index contributed by atoms with van der Waals surface area (Å²) in [5.41, 5.74) is 1.96. The molecule has 0 saturated heterocycles. The van der Waals surface area contributed by atoms with Gasteiger partial charge in [-0.05, 0) is 61.6 Å². The molecule has 0 spiro atoms. The number of unbranched alkanes of at least 4 members (excludes halogenated alkanes) is 2. The third kappa shape index (κ3) is 7.92. The number of amides is 1. The number of benzene rings is 2. The van der Waals surface area contributed by atoms with Gasteiger partial charge in [0.1, 0.15) is 5.75 Å². The van der Waals surface area contributed by atoms with Gasteiger partial charge in [0.2, 0.25) is 16.2 Å². The first-order chi connectivity index (χ1) is 13.5. The van der Waals surface area contributed by atoms with E-state index in [0.717, 1.165) is 36.3 Å². The van der Waals surface area contributed by atoms with Crippen LogP contribution in [0.25, 0.3) is 0 Å². The zero-order chi connectivity index (χ0) is 20.4. The topological polar surface area (TPSA) is 72.5 Å². The van der Waals surface area contributed by atoms with Crippen LogP contribution in [0.15, 0.2) is 42.5 Å². The molecule has 1 aliphatic rings. The molecule has 28 heavy (non-hydrogen) atoms. The molecule has 3 rings (SSSR count). The van der Waals surface area contributed by atoms with E-state index in [0.29, 0.717) is 29.5 Å². The fraction of sp³-hybridized carbons (Fsp3) is 0.300. The third-order valence-electron chi connectivity index (χ3n) is 3.92. The molecule has 1 heterocycles. The van der Waals surface area contributed by atoms with Crippen molar-refractivity contribution in [3.8, 4) is 5.75 Å². The molecule has 0 aromatic heterocycles. The number of nitrogens with one attached hydrogen (secondary N) is 1. The van der Waals surface area contributed by atoms with Crippen LogP contribution in [0, 0.1) is 0 Å². The van der Waals surface area contributed by atoms with Crippen molar-refractivity contribution >= 4 is 50.5 Å². The highest BCUT2D eigenvalue weighted by atomic mass is 35.5. The summed E-state index contributed by atoms with van der Waals surface area (Å²) in [6.07, 6.45) is 3.40. The summed E-state index contributed by atoms with van der Waals surface area (Å²) in [4.78, 5) is 11.2. The first-order valence-electron chi connectivity index (χ1n) is 8.82. The van der Waals surface area contributed by atoms with Gasteiger partial charge >= 0.3 is 0 Å². The smallest absolute Gasteiger partial charge is 0.224 e. The summed E-state index contributed by atoms with van der Waals surface area (Å²) < 4.78 is 26.2. The molecule has 8 heteroatoms. The summed E-state index contributed by atoms with van der Waals surface area (Å²) in [5, 5.41) is 5.30. The quantitative estimate of drug-likeness (QED) is 0.516. The highest BCUT2D eigenvalue weighted by Gasteiger charge is 2.14. The van der Waals surface area contributed by atoms with Gasteiger partial charge in [0, 0.05) is 17.5 Å². The first kappa shape index (κ1) is 22.3. The first-order valence-corrected chi connectivity index (χ1v) is 10.7. The van der Waals surface area contributed by atoms with Crippen molar-refractivity contribution in [2.75, 3.05) is 11.9 Å². The largest absolute Gasteiger partial charge is 0.494 e. The average Bonchev–Trinajstić information content (AvgIpc) is 2.67. The zero-order valence-corrected chi connectivity index (χ0v) is 17.5. The zero-order valence-electron chi connectivity index (χ0n) is 15.2. The average molecular weight is 442 g/mol. The molecule has 0 fully saturated rings. The molecular weight excluding hydrogens is 421 g/mol. The van der Waals surface area contributed by atoms with Gasteiger partial charge in [0.05, 0.1) is 16.7 Å². The van der Waals surface area contributed by atoms with Crippen molar-refractivity contribution in [3.05, 3.63) is 58.1 Å². The van der Waals surface area contributed by atoms with E-state index in [-0.39, 0.29) is 5.91 Å². The predicted octanol–water partition coefficient (Wildman–Crippen LogP) is 4.80. The lowest BCUT2D eigenvalue weighted by Gasteiger charge is -2.17. The van der Waals surface area contributed by atoms with Gasteiger partial charge in [-0.1, -0.05) is 35.3 Å². The maximum absolute atomic E-state index is 11.2. The van der Waals surface area contributed by atoms with Crippen LogP contribution in [-0.4, -0.2) is 26.3 Å². The van der Waals surface area contributed by atoms with Crippen LogP contribution in [-0.2, 0) is 21.5 Å². The monoisotopic (exact) mass is 441 g/mol. The molecule has 0 atom stereocenters. The van der Waals surface area contributed by atoms with Gasteiger partial charge < -0.3 is 10.1 Å². The molecule has 150 valence electrons. The molecule has 0 radical (unpaired) electrons. The summed E-state index contributed by atoms with van der Waals surface area (Å²) >= 11 is 11.2. The number of halogens is 2. The number of hydrogen-bond acceptors (Lipinski definition) is 4. The van der Waals surface area contributed by atoms with E-state index >= 15 is 0 Å². The van der Waals surface area contributed by atoms with Crippen molar-refractivity contribution in [3.63, 3.8) is 0 Å². The van der Waals surface area contributed by atoms with E-state index in [1.54, 1.807) is 12.1 Å². The second-order valence-corrected chi connectivity index (χ2v) is 7.72. The van der Waals surface area contributed by atoms with Crippen LogP contribution >= 0.6 is 23.2 Å². The van der Waals surface area contributed by atoms with Crippen LogP contribution in [0.1, 0.15) is 31.2 Å². The van der Waals surface area contributed by atoms with Gasteiger partial charge in [0.25, 0.3) is 0 Å². The summed E-state index contributed by atoms with van der Waals surface area (Å²) in [6, 6.07) is 12.8. The Morgan fingerprint density at radius 2 is 1.75 bits per heavy atom. The van der Waals surface area contributed by atoms with Gasteiger partial charge in [0.15, 0.2) is 0 Å². The van der Waals surface area contributed by atoms with Gasteiger partial charge in [-0.25, -0.2) is 0 Å². The summed E-state index contributed by atoms with van der Waals surface area (Å²) in [6.45, 7) is 0.560. The highest BCUT2D eigenvalue weighted by molar-refractivity contribution is 7.71. The van der Waals surface area contributed by atoms with E-state index in [4.69, 9.17) is 27.9 Å². The third-order valence-corrected chi connectivity index (χ3v) is 5.18. The van der Waals surface area contributed by atoms with Gasteiger partial charge in [-0.3, -0.25) is 4.79 Å². The van der Waals surface area contributed by atoms with Crippen molar-refractivity contribution in [2.45, 2.75) is 32.1 Å². The fourth-order valence-corrected chi connectivity index (χ4v) is 3.14. The molecule has 5 nitrogen and oxygen atoms in total. The molecule has 0 unspecified atom stereocenters. The van der Waals surface area contributed by atoms with Gasteiger partial charge in [-0.2, -0.15) is 8.42 Å². The number of carbonyl (C=O) groups is 1. The Morgan fingerprint density at radius 3 is 2.39 bits per heavy atom. The SMILES string of the molecule is Clc1ccccc1Cl.O=C1CCc2cc(OCCCCC=S(=O)=O)ccc2N1. The minimum Gasteiger partial charge on any atom is -0.494 e. The van der Waals surface area contributed by atoms with E-state index in [9.17, 15) is 13.2 Å². The maximum atomic E-state index is 11.2. The number of aryl methyl sites for hydroxylation is 1. The Labute approximate surface area is 176 Å². The minimum absolute atomic E-state index is 0.0539. The number of hydrogen-bond donors (Lipinski definition) is 1. The van der Waals surface area contributed by atoms with Crippen LogP contribution in [0.5, 0.6) is 5.75 Å².